The van der Waals surface area contributed by atoms with Crippen molar-refractivity contribution in [1.82, 2.24) is 0 Å². The minimum atomic E-state index is -1.67. The van der Waals surface area contributed by atoms with Crippen LogP contribution in [0.3, 0.4) is 0 Å². The smallest absolute Gasteiger partial charge is 0.336 e. The van der Waals surface area contributed by atoms with E-state index in [1.807, 2.05) is 109 Å². The molecule has 2 N–H and O–H groups in total. The fourth-order valence-electron chi connectivity index (χ4n) is 3.80. The Morgan fingerprint density at radius 3 is 1.11 bits per heavy atom. The summed E-state index contributed by atoms with van der Waals surface area (Å²) in [4.78, 5) is 23.7. The first-order valence-corrected chi connectivity index (χ1v) is 11.5. The van der Waals surface area contributed by atoms with Gasteiger partial charge in [-0.2, -0.15) is 0 Å². The molecule has 6 heteroatoms. The van der Waals surface area contributed by atoms with E-state index < -0.39 is 24.1 Å². The molecule has 0 spiro atoms. The summed E-state index contributed by atoms with van der Waals surface area (Å²) < 4.78 is 11.0. The highest BCUT2D eigenvalue weighted by molar-refractivity contribution is 5.83. The third-order valence-electron chi connectivity index (χ3n) is 5.74. The van der Waals surface area contributed by atoms with Crippen molar-refractivity contribution in [3.05, 3.63) is 120 Å². The van der Waals surface area contributed by atoms with Crippen LogP contribution in [0.4, 0.5) is 0 Å². The van der Waals surface area contributed by atoms with Crippen LogP contribution in [0.1, 0.15) is 11.1 Å². The van der Waals surface area contributed by atoms with Gasteiger partial charge in [0.25, 0.3) is 0 Å². The second-order valence-electron chi connectivity index (χ2n) is 8.27. The van der Waals surface area contributed by atoms with Crippen LogP contribution in [0.5, 0.6) is 0 Å². The van der Waals surface area contributed by atoms with Gasteiger partial charge in [0.15, 0.2) is 12.2 Å². The SMILES string of the molecule is O=C(O)[C@H](OCc1ccc(-c2ccccc2)cc1)[C@@H](OCc1ccc(-c2ccccc2)cc1)C(=O)O. The molecule has 0 aromatic heterocycles. The van der Waals surface area contributed by atoms with E-state index in [9.17, 15) is 19.8 Å². The van der Waals surface area contributed by atoms with Crippen molar-refractivity contribution < 1.29 is 29.3 Å². The van der Waals surface area contributed by atoms with Crippen molar-refractivity contribution in [2.75, 3.05) is 0 Å². The number of hydrogen-bond donors (Lipinski definition) is 2. The molecule has 0 saturated carbocycles. The maximum absolute atomic E-state index is 11.9. The second kappa shape index (κ2) is 11.9. The molecule has 36 heavy (non-hydrogen) atoms. The monoisotopic (exact) mass is 482 g/mol. The predicted octanol–water partition coefficient (Wildman–Crippen LogP) is 5.66. The molecule has 0 aliphatic heterocycles. The summed E-state index contributed by atoms with van der Waals surface area (Å²) in [7, 11) is 0. The van der Waals surface area contributed by atoms with E-state index in [1.165, 1.54) is 0 Å². The van der Waals surface area contributed by atoms with Crippen LogP contribution in [0.15, 0.2) is 109 Å². The van der Waals surface area contributed by atoms with Crippen molar-refractivity contribution in [2.45, 2.75) is 25.4 Å². The Balaban J connectivity index is 1.38. The van der Waals surface area contributed by atoms with E-state index in [2.05, 4.69) is 0 Å². The Hall–Kier alpha value is -4.26. The van der Waals surface area contributed by atoms with E-state index >= 15 is 0 Å². The van der Waals surface area contributed by atoms with E-state index in [4.69, 9.17) is 9.47 Å². The molecule has 0 radical (unpaired) electrons. The number of carbonyl (C=O) groups is 2. The number of aliphatic carboxylic acids is 2. The van der Waals surface area contributed by atoms with Crippen LogP contribution in [-0.2, 0) is 32.3 Å². The van der Waals surface area contributed by atoms with Gasteiger partial charge < -0.3 is 19.7 Å². The first kappa shape index (κ1) is 24.9. The van der Waals surface area contributed by atoms with E-state index in [1.54, 1.807) is 0 Å². The molecule has 4 aromatic rings. The van der Waals surface area contributed by atoms with Gasteiger partial charge in [-0.25, -0.2) is 9.59 Å². The predicted molar refractivity (Wildman–Crippen MR) is 136 cm³/mol. The minimum absolute atomic E-state index is 0.0645. The van der Waals surface area contributed by atoms with Crippen LogP contribution in [0, 0.1) is 0 Å². The largest absolute Gasteiger partial charge is 0.479 e. The molecule has 0 bridgehead atoms. The Morgan fingerprint density at radius 2 is 0.806 bits per heavy atom. The maximum Gasteiger partial charge on any atom is 0.336 e. The summed E-state index contributed by atoms with van der Waals surface area (Å²) in [5.41, 5.74) is 5.59. The molecule has 182 valence electrons. The highest BCUT2D eigenvalue weighted by atomic mass is 16.6. The molecule has 2 atom stereocenters. The third-order valence-corrected chi connectivity index (χ3v) is 5.74. The highest BCUT2D eigenvalue weighted by Crippen LogP contribution is 2.22. The number of rotatable bonds is 11. The van der Waals surface area contributed by atoms with Crippen molar-refractivity contribution in [1.29, 1.82) is 0 Å². The Morgan fingerprint density at radius 1 is 0.500 bits per heavy atom. The van der Waals surface area contributed by atoms with Gasteiger partial charge in [0.1, 0.15) is 0 Å². The molecule has 0 aliphatic rings. The summed E-state index contributed by atoms with van der Waals surface area (Å²) >= 11 is 0. The topological polar surface area (TPSA) is 93.1 Å². The zero-order chi connectivity index (χ0) is 25.3. The first-order chi connectivity index (χ1) is 17.5. The standard InChI is InChI=1S/C30H26O6/c31-29(32)27(35-19-21-11-15-25(16-12-21)23-7-3-1-4-8-23)28(30(33)34)36-20-22-13-17-26(18-14-22)24-9-5-2-6-10-24/h1-18,27-28H,19-20H2,(H,31,32)(H,33,34)/t27-,28-/m1/s1. The van der Waals surface area contributed by atoms with E-state index in [0.717, 1.165) is 33.4 Å². The Kier molecular flexibility index (Phi) is 8.24. The molecular formula is C30H26O6. The zero-order valence-electron chi connectivity index (χ0n) is 19.5. The summed E-state index contributed by atoms with van der Waals surface area (Å²) in [5, 5.41) is 19.3. The van der Waals surface area contributed by atoms with Gasteiger partial charge in [0.2, 0.25) is 0 Å². The second-order valence-corrected chi connectivity index (χ2v) is 8.27. The fourth-order valence-corrected chi connectivity index (χ4v) is 3.80. The van der Waals surface area contributed by atoms with Crippen LogP contribution in [-0.4, -0.2) is 34.4 Å². The number of benzene rings is 4. The Bertz CT molecular complexity index is 1170. The molecule has 6 nitrogen and oxygen atoms in total. The van der Waals surface area contributed by atoms with Gasteiger partial charge >= 0.3 is 11.9 Å². The van der Waals surface area contributed by atoms with Gasteiger partial charge in [0, 0.05) is 0 Å². The number of hydrogen-bond acceptors (Lipinski definition) is 4. The average Bonchev–Trinajstić information content (AvgIpc) is 2.92. The third kappa shape index (κ3) is 6.44. The molecule has 0 aliphatic carbocycles. The zero-order valence-corrected chi connectivity index (χ0v) is 19.5. The summed E-state index contributed by atoms with van der Waals surface area (Å²) in [6.45, 7) is -0.129. The lowest BCUT2D eigenvalue weighted by Gasteiger charge is -2.21. The fraction of sp³-hybridized carbons (Fsp3) is 0.133. The molecule has 0 amide bonds. The normalized spacial score (nSPS) is 12.6. The van der Waals surface area contributed by atoms with Crippen LogP contribution >= 0.6 is 0 Å². The van der Waals surface area contributed by atoms with Gasteiger partial charge in [-0.1, -0.05) is 109 Å². The van der Waals surface area contributed by atoms with Crippen molar-refractivity contribution in [2.24, 2.45) is 0 Å². The molecular weight excluding hydrogens is 456 g/mol. The lowest BCUT2D eigenvalue weighted by Crippen LogP contribution is -2.43. The van der Waals surface area contributed by atoms with Crippen LogP contribution in [0.25, 0.3) is 22.3 Å². The van der Waals surface area contributed by atoms with Crippen molar-refractivity contribution in [3.63, 3.8) is 0 Å². The molecule has 0 saturated heterocycles. The number of carboxylic acids is 2. The molecule has 4 rings (SSSR count). The molecule has 4 aromatic carbocycles. The number of ether oxygens (including phenoxy) is 2. The summed E-state index contributed by atoms with van der Waals surface area (Å²) in [5.74, 6) is -2.80. The van der Waals surface area contributed by atoms with E-state index in [-0.39, 0.29) is 13.2 Å². The molecule has 0 heterocycles. The molecule has 0 unspecified atom stereocenters. The average molecular weight is 483 g/mol. The highest BCUT2D eigenvalue weighted by Gasteiger charge is 2.36. The van der Waals surface area contributed by atoms with Crippen LogP contribution in [0.2, 0.25) is 0 Å². The van der Waals surface area contributed by atoms with Crippen LogP contribution < -0.4 is 0 Å². The van der Waals surface area contributed by atoms with Gasteiger partial charge in [-0.3, -0.25) is 0 Å². The maximum atomic E-state index is 11.9. The van der Waals surface area contributed by atoms with Gasteiger partial charge in [-0.15, -0.1) is 0 Å². The van der Waals surface area contributed by atoms with Gasteiger partial charge in [0.05, 0.1) is 13.2 Å². The number of carboxylic acid groups (broad SMARTS) is 2. The summed E-state index contributed by atoms with van der Waals surface area (Å²) in [6.07, 6.45) is -3.33. The first-order valence-electron chi connectivity index (χ1n) is 11.5. The lowest BCUT2D eigenvalue weighted by molar-refractivity contribution is -0.179. The van der Waals surface area contributed by atoms with Crippen molar-refractivity contribution >= 4 is 11.9 Å². The van der Waals surface area contributed by atoms with Gasteiger partial charge in [-0.05, 0) is 33.4 Å². The lowest BCUT2D eigenvalue weighted by atomic mass is 10.0. The summed E-state index contributed by atoms with van der Waals surface area (Å²) in [6, 6.07) is 34.6. The quantitative estimate of drug-likeness (QED) is 0.287. The minimum Gasteiger partial charge on any atom is -0.479 e. The Labute approximate surface area is 209 Å². The van der Waals surface area contributed by atoms with Crippen molar-refractivity contribution in [3.8, 4) is 22.3 Å². The molecule has 0 fully saturated rings. The van der Waals surface area contributed by atoms with E-state index in [0.29, 0.717) is 0 Å².